The first-order chi connectivity index (χ1) is 9.67. The summed E-state index contributed by atoms with van der Waals surface area (Å²) in [6.45, 7) is 4.58. The van der Waals surface area contributed by atoms with Gasteiger partial charge < -0.3 is 15.0 Å². The number of benzene rings is 1. The fourth-order valence-corrected chi connectivity index (χ4v) is 2.79. The summed E-state index contributed by atoms with van der Waals surface area (Å²) in [5, 5.41) is 10.00. The molecule has 0 saturated carbocycles. The molecule has 7 heteroatoms. The summed E-state index contributed by atoms with van der Waals surface area (Å²) in [5.41, 5.74) is 1.72. The van der Waals surface area contributed by atoms with Gasteiger partial charge in [-0.05, 0) is 12.1 Å². The van der Waals surface area contributed by atoms with Crippen molar-refractivity contribution in [3.05, 3.63) is 22.2 Å². The van der Waals surface area contributed by atoms with Crippen molar-refractivity contribution in [2.75, 3.05) is 44.2 Å². The Morgan fingerprint density at radius 3 is 2.55 bits per heavy atom. The highest BCUT2D eigenvalue weighted by Crippen LogP contribution is 2.28. The molecule has 0 unspecified atom stereocenters. The molecule has 20 heavy (non-hydrogen) atoms. The Morgan fingerprint density at radius 2 is 1.85 bits per heavy atom. The van der Waals surface area contributed by atoms with Gasteiger partial charge in [-0.3, -0.25) is 4.90 Å². The number of H-pyrrole nitrogens is 1. The van der Waals surface area contributed by atoms with E-state index in [1.165, 1.54) is 0 Å². The van der Waals surface area contributed by atoms with Crippen LogP contribution in [0.4, 0.5) is 5.95 Å². The van der Waals surface area contributed by atoms with Crippen molar-refractivity contribution in [1.82, 2.24) is 14.9 Å². The highest BCUT2D eigenvalue weighted by atomic mass is 35.5. The number of aromatic amines is 1. The maximum Gasteiger partial charge on any atom is 0.203 e. The number of piperazine rings is 1. The van der Waals surface area contributed by atoms with Crippen molar-refractivity contribution in [3.8, 4) is 0 Å². The fourth-order valence-electron chi connectivity index (χ4n) is 2.47. The number of aliphatic hydroxyl groups is 1. The summed E-state index contributed by atoms with van der Waals surface area (Å²) in [5.74, 6) is 0.849. The van der Waals surface area contributed by atoms with E-state index in [0.29, 0.717) is 10.0 Å². The van der Waals surface area contributed by atoms with E-state index in [1.54, 1.807) is 12.1 Å². The fraction of sp³-hybridized carbons (Fsp3) is 0.462. The Bertz CT molecular complexity index is 569. The summed E-state index contributed by atoms with van der Waals surface area (Å²) in [6.07, 6.45) is 0. The number of aliphatic hydroxyl groups excluding tert-OH is 1. The van der Waals surface area contributed by atoms with E-state index >= 15 is 0 Å². The lowest BCUT2D eigenvalue weighted by Crippen LogP contribution is -2.47. The lowest BCUT2D eigenvalue weighted by Gasteiger charge is -2.34. The van der Waals surface area contributed by atoms with Crippen LogP contribution in [0.5, 0.6) is 0 Å². The van der Waals surface area contributed by atoms with Gasteiger partial charge in [-0.2, -0.15) is 0 Å². The molecule has 0 bridgehead atoms. The maximum absolute atomic E-state index is 8.95. The topological polar surface area (TPSA) is 55.4 Å². The Balaban J connectivity index is 1.78. The Morgan fingerprint density at radius 1 is 1.15 bits per heavy atom. The lowest BCUT2D eigenvalue weighted by molar-refractivity contribution is 0.188. The van der Waals surface area contributed by atoms with Crippen LogP contribution in [0.15, 0.2) is 12.1 Å². The standard InChI is InChI=1S/C13H16Cl2N4O/c14-9-7-11-12(8-10(9)15)17-13(16-11)19-3-1-18(2-4-19)5-6-20/h7-8,20H,1-6H2,(H,16,17). The zero-order valence-electron chi connectivity index (χ0n) is 10.9. The number of aromatic nitrogens is 2. The molecular weight excluding hydrogens is 299 g/mol. The lowest BCUT2D eigenvalue weighted by atomic mass is 10.3. The van der Waals surface area contributed by atoms with Gasteiger partial charge >= 0.3 is 0 Å². The highest BCUT2D eigenvalue weighted by Gasteiger charge is 2.19. The van der Waals surface area contributed by atoms with E-state index < -0.39 is 0 Å². The van der Waals surface area contributed by atoms with Crippen LogP contribution in [-0.4, -0.2) is 59.3 Å². The first-order valence-corrected chi connectivity index (χ1v) is 7.36. The summed E-state index contributed by atoms with van der Waals surface area (Å²) >= 11 is 12.0. The molecule has 108 valence electrons. The van der Waals surface area contributed by atoms with Crippen LogP contribution >= 0.6 is 23.2 Å². The molecule has 0 spiro atoms. The van der Waals surface area contributed by atoms with Crippen molar-refractivity contribution >= 4 is 40.2 Å². The molecule has 0 amide bonds. The van der Waals surface area contributed by atoms with E-state index in [4.69, 9.17) is 28.3 Å². The number of β-amino-alcohol motifs (C(OH)–C–C–N with tert-alkyl or cyclic N) is 1. The number of fused-ring (bicyclic) bond motifs is 1. The number of rotatable bonds is 3. The van der Waals surface area contributed by atoms with Crippen molar-refractivity contribution in [1.29, 1.82) is 0 Å². The molecule has 3 rings (SSSR count). The predicted molar refractivity (Wildman–Crippen MR) is 81.9 cm³/mol. The van der Waals surface area contributed by atoms with Crippen molar-refractivity contribution < 1.29 is 5.11 Å². The normalized spacial score (nSPS) is 17.1. The molecule has 1 aromatic heterocycles. The van der Waals surface area contributed by atoms with Crippen LogP contribution in [-0.2, 0) is 0 Å². The zero-order chi connectivity index (χ0) is 14.1. The minimum absolute atomic E-state index is 0.210. The van der Waals surface area contributed by atoms with Gasteiger partial charge in [0.2, 0.25) is 5.95 Å². The van der Waals surface area contributed by atoms with Crippen molar-refractivity contribution in [2.24, 2.45) is 0 Å². The van der Waals surface area contributed by atoms with Gasteiger partial charge in [-0.1, -0.05) is 23.2 Å². The first kappa shape index (κ1) is 13.9. The molecule has 1 aliphatic heterocycles. The Labute approximate surface area is 127 Å². The number of anilines is 1. The van der Waals surface area contributed by atoms with E-state index in [1.807, 2.05) is 0 Å². The summed E-state index contributed by atoms with van der Waals surface area (Å²) in [6, 6.07) is 3.58. The van der Waals surface area contributed by atoms with Crippen molar-refractivity contribution in [3.63, 3.8) is 0 Å². The molecule has 1 aliphatic rings. The molecule has 0 radical (unpaired) electrons. The third kappa shape index (κ3) is 2.72. The van der Waals surface area contributed by atoms with Crippen LogP contribution < -0.4 is 4.90 Å². The van der Waals surface area contributed by atoms with Crippen LogP contribution in [0, 0.1) is 0 Å². The average molecular weight is 315 g/mol. The largest absolute Gasteiger partial charge is 0.395 e. The highest BCUT2D eigenvalue weighted by molar-refractivity contribution is 6.42. The van der Waals surface area contributed by atoms with Gasteiger partial charge in [0.15, 0.2) is 0 Å². The smallest absolute Gasteiger partial charge is 0.203 e. The summed E-state index contributed by atoms with van der Waals surface area (Å²) < 4.78 is 0. The van der Waals surface area contributed by atoms with Crippen LogP contribution in [0.1, 0.15) is 0 Å². The average Bonchev–Trinajstić information content (AvgIpc) is 2.83. The van der Waals surface area contributed by atoms with Crippen molar-refractivity contribution in [2.45, 2.75) is 0 Å². The Kier molecular flexibility index (Phi) is 4.03. The monoisotopic (exact) mass is 314 g/mol. The third-order valence-electron chi connectivity index (χ3n) is 3.60. The van der Waals surface area contributed by atoms with E-state index in [0.717, 1.165) is 49.7 Å². The van der Waals surface area contributed by atoms with Crippen LogP contribution in [0.3, 0.4) is 0 Å². The second-order valence-corrected chi connectivity index (χ2v) is 5.71. The molecular formula is C13H16Cl2N4O. The van der Waals surface area contributed by atoms with Gasteiger partial charge in [0, 0.05) is 32.7 Å². The van der Waals surface area contributed by atoms with Gasteiger partial charge in [0.25, 0.3) is 0 Å². The minimum atomic E-state index is 0.210. The molecule has 2 N–H and O–H groups in total. The molecule has 0 atom stereocenters. The second kappa shape index (κ2) is 5.77. The second-order valence-electron chi connectivity index (χ2n) is 4.90. The van der Waals surface area contributed by atoms with Crippen LogP contribution in [0.2, 0.25) is 10.0 Å². The molecule has 1 aromatic carbocycles. The molecule has 5 nitrogen and oxygen atoms in total. The van der Waals surface area contributed by atoms with Gasteiger partial charge in [0.1, 0.15) is 0 Å². The number of nitrogens with zero attached hydrogens (tertiary/aromatic N) is 3. The summed E-state index contributed by atoms with van der Waals surface area (Å²) in [7, 11) is 0. The van der Waals surface area contributed by atoms with E-state index in [2.05, 4.69) is 19.8 Å². The van der Waals surface area contributed by atoms with Gasteiger partial charge in [-0.15, -0.1) is 0 Å². The number of hydrogen-bond acceptors (Lipinski definition) is 4. The number of nitrogens with one attached hydrogen (secondary N) is 1. The number of imidazole rings is 1. The molecule has 1 fully saturated rings. The first-order valence-electron chi connectivity index (χ1n) is 6.60. The van der Waals surface area contributed by atoms with Gasteiger partial charge in [0.05, 0.1) is 27.7 Å². The van der Waals surface area contributed by atoms with E-state index in [9.17, 15) is 0 Å². The maximum atomic E-state index is 8.95. The van der Waals surface area contributed by atoms with Crippen LogP contribution in [0.25, 0.3) is 11.0 Å². The number of halogens is 2. The zero-order valence-corrected chi connectivity index (χ0v) is 12.5. The molecule has 2 heterocycles. The molecule has 0 aliphatic carbocycles. The number of hydrogen-bond donors (Lipinski definition) is 2. The SMILES string of the molecule is OCCN1CCN(c2nc3cc(Cl)c(Cl)cc3[nH]2)CC1. The minimum Gasteiger partial charge on any atom is -0.395 e. The molecule has 1 saturated heterocycles. The summed E-state index contributed by atoms with van der Waals surface area (Å²) in [4.78, 5) is 12.3. The Hall–Kier alpha value is -1.01. The molecule has 2 aromatic rings. The predicted octanol–water partition coefficient (Wildman–Crippen LogP) is 1.98. The third-order valence-corrected chi connectivity index (χ3v) is 4.32. The van der Waals surface area contributed by atoms with E-state index in [-0.39, 0.29) is 6.61 Å². The quantitative estimate of drug-likeness (QED) is 0.909. The van der Waals surface area contributed by atoms with Gasteiger partial charge in [-0.25, -0.2) is 4.98 Å².